The second-order valence-electron chi connectivity index (χ2n) is 30.7. The molecule has 11 rings (SSSR count). The van der Waals surface area contributed by atoms with Crippen LogP contribution in [-0.4, -0.2) is 321 Å². The molecular weight excluding hydrogens is 1280 g/mol. The van der Waals surface area contributed by atoms with Crippen LogP contribution in [-0.2, 0) is 61.6 Å². The number of esters is 1. The number of ether oxygens (including phenoxy) is 12. The third-order valence-electron chi connectivity index (χ3n) is 25.6. The largest absolute Gasteiger partial charge is 0.457 e. The molecule has 0 spiro atoms. The molecule has 0 amide bonds. The highest BCUT2D eigenvalue weighted by Gasteiger charge is 2.73. The van der Waals surface area contributed by atoms with Gasteiger partial charge in [-0.3, -0.25) is 0 Å². The number of aliphatic hydroxyl groups excluding tert-OH is 18. The number of fused-ring (bicyclic) bond motifs is 7. The number of aliphatic hydroxyl groups is 18. The van der Waals surface area contributed by atoms with Gasteiger partial charge in [-0.1, -0.05) is 39.8 Å². The van der Waals surface area contributed by atoms with E-state index in [1.807, 2.05) is 13.8 Å². The zero-order valence-corrected chi connectivity index (χ0v) is 55.4. The van der Waals surface area contributed by atoms with Gasteiger partial charge in [-0.2, -0.15) is 0 Å². The van der Waals surface area contributed by atoms with Gasteiger partial charge in [-0.05, 0) is 125 Å². The van der Waals surface area contributed by atoms with Crippen molar-refractivity contribution < 1.29 is 154 Å². The number of hydrogen-bond donors (Lipinski definition) is 18. The van der Waals surface area contributed by atoms with E-state index in [1.165, 1.54) is 13.8 Å². The molecule has 31 heteroatoms. The Kier molecular flexibility index (Phi) is 22.4. The maximum Gasteiger partial charge on any atom is 0.338 e. The van der Waals surface area contributed by atoms with Crippen LogP contribution in [0.4, 0.5) is 0 Å². The lowest BCUT2D eigenvalue weighted by molar-refractivity contribution is -0.382. The molecule has 0 radical (unpaired) electrons. The number of allylic oxidation sites excluding steroid dienone is 1. The van der Waals surface area contributed by atoms with Gasteiger partial charge in [-0.15, -0.1) is 0 Å². The standard InChI is InChI=1S/C65H106O31/c1-24(2)27-11-16-65(96-55(84)53-46(78)44(76)40(72)31(89-53)21-85-56-51(83)47(79)52(30(20-67)91-56)94-57-48(80)42(74)37(69)25(3)87-57)18-17-63(7)28(36(27)65)9-10-34-61(5)14-13-35(62(6,23-68)33(61)12-15-64(34,63)8)93-60-54(95-58-49(81)43(75)38(70)26(4)88-58)41(73)32(22-86-60)92-59-50(82)45(77)39(71)29(19-66)90-59/h25-54,56-60,66-83H,1,9-23H2,2-8H3/t25-,26+,27+,28-,29+,30+,31-,32-,33-,34-,35+,36-,37-,38+,39+,40-,41+,42+,43-,44-,45-,46-,47+,48-,49-,50+,51-,52-,53+,54-,56-,57+,58+,59-,60+,61+,62-,63-,64-,65-/m1/s1. The molecule has 11 fully saturated rings. The summed E-state index contributed by atoms with van der Waals surface area (Å²) in [6.45, 7) is 15.3. The quantitative estimate of drug-likeness (QED) is 0.0368. The molecule has 5 aliphatic carbocycles. The SMILES string of the molecule is C=C(C)[C@@H]1CC[C@@]2(OC(=O)[C@H]3O[C@H](CO[C@@H]4O[C@@H](CO)[C@@H](O[C@@H]5O[C@H](C)[C@@H](O)[C@H](O)[C@H]5O)[C@@H](O)[C@H]4O)[C@@H](O)[C@@H](O)[C@H]3O)CC[C@]3(C)[C@H](CC[C@@H]4[C@@]5(C)CC[C@H](O[C@@H]6OC[C@@H](O[C@H]7O[C@@H](CO)[C@H](O)[C@@H](O)[C@@H]7O)[C@H](O)[C@H]6O[C@@H]6O[C@@H](C)[C@H](O)[C@@H](O)[C@H]6O)[C@](C)(CO)[C@@H]5CC[C@]43C)[C@@H]12. The maximum atomic E-state index is 14.8. The minimum atomic E-state index is -1.97. The Bertz CT molecular complexity index is 2670. The lowest BCUT2D eigenvalue weighted by atomic mass is 9.32. The molecule has 0 unspecified atom stereocenters. The van der Waals surface area contributed by atoms with Gasteiger partial charge < -0.3 is 149 Å². The monoisotopic (exact) mass is 1380 g/mol. The van der Waals surface area contributed by atoms with E-state index in [2.05, 4.69) is 27.4 Å². The van der Waals surface area contributed by atoms with Gasteiger partial charge >= 0.3 is 5.97 Å². The van der Waals surface area contributed by atoms with Gasteiger partial charge in [0, 0.05) is 11.3 Å². The third kappa shape index (κ3) is 12.7. The molecule has 40 atom stereocenters. The van der Waals surface area contributed by atoms with Gasteiger partial charge in [-0.25, -0.2) is 4.79 Å². The second kappa shape index (κ2) is 28.6. The molecule has 0 bridgehead atoms. The molecule has 6 heterocycles. The zero-order valence-electron chi connectivity index (χ0n) is 55.4. The summed E-state index contributed by atoms with van der Waals surface area (Å²) >= 11 is 0. The van der Waals surface area contributed by atoms with Crippen molar-refractivity contribution in [1.82, 2.24) is 0 Å². The van der Waals surface area contributed by atoms with Crippen molar-refractivity contribution in [3.05, 3.63) is 12.2 Å². The topological polar surface area (TPSA) is 492 Å². The molecule has 18 N–H and O–H groups in total. The van der Waals surface area contributed by atoms with Crippen molar-refractivity contribution in [1.29, 1.82) is 0 Å². The van der Waals surface area contributed by atoms with Crippen molar-refractivity contribution >= 4 is 5.97 Å². The fourth-order valence-corrected chi connectivity index (χ4v) is 19.8. The van der Waals surface area contributed by atoms with Crippen molar-refractivity contribution in [3.8, 4) is 0 Å². The van der Waals surface area contributed by atoms with E-state index in [1.54, 1.807) is 0 Å². The Morgan fingerprint density at radius 3 is 1.66 bits per heavy atom. The minimum Gasteiger partial charge on any atom is -0.457 e. The van der Waals surface area contributed by atoms with Gasteiger partial charge in [0.25, 0.3) is 0 Å². The highest BCUT2D eigenvalue weighted by molar-refractivity contribution is 5.76. The summed E-state index contributed by atoms with van der Waals surface area (Å²) in [5.74, 6) is -1.33. The first-order chi connectivity index (χ1) is 45.2. The van der Waals surface area contributed by atoms with Gasteiger partial charge in [0.15, 0.2) is 37.6 Å². The van der Waals surface area contributed by atoms with Crippen LogP contribution in [0.5, 0.6) is 0 Å². The Morgan fingerprint density at radius 1 is 0.490 bits per heavy atom. The Labute approximate surface area is 556 Å². The highest BCUT2D eigenvalue weighted by atomic mass is 16.8. The van der Waals surface area contributed by atoms with E-state index >= 15 is 0 Å². The normalized spacial score (nSPS) is 56.0. The third-order valence-corrected chi connectivity index (χ3v) is 25.6. The van der Waals surface area contributed by atoms with Crippen LogP contribution in [0.3, 0.4) is 0 Å². The van der Waals surface area contributed by atoms with Gasteiger partial charge in [0.1, 0.15) is 134 Å². The highest BCUT2D eigenvalue weighted by Crippen LogP contribution is 2.77. The first-order valence-electron chi connectivity index (χ1n) is 34.2. The Morgan fingerprint density at radius 2 is 1.05 bits per heavy atom. The molecule has 552 valence electrons. The van der Waals surface area contributed by atoms with E-state index < -0.39 is 227 Å². The fraction of sp³-hybridized carbons (Fsp3) is 0.954. The zero-order chi connectivity index (χ0) is 70.0. The summed E-state index contributed by atoms with van der Waals surface area (Å²) in [4.78, 5) is 14.8. The van der Waals surface area contributed by atoms with E-state index in [0.717, 1.165) is 24.8 Å². The van der Waals surface area contributed by atoms with E-state index in [9.17, 15) is 96.7 Å². The van der Waals surface area contributed by atoms with Crippen molar-refractivity contribution in [2.75, 3.05) is 33.0 Å². The van der Waals surface area contributed by atoms with Gasteiger partial charge in [0.05, 0.1) is 51.3 Å². The van der Waals surface area contributed by atoms with Crippen LogP contribution >= 0.6 is 0 Å². The van der Waals surface area contributed by atoms with Crippen LogP contribution in [0.1, 0.15) is 113 Å². The summed E-state index contributed by atoms with van der Waals surface area (Å²) in [5, 5.41) is 196. The van der Waals surface area contributed by atoms with E-state index in [0.29, 0.717) is 44.9 Å². The fourth-order valence-electron chi connectivity index (χ4n) is 19.8. The average Bonchev–Trinajstić information content (AvgIpc) is 0.970. The summed E-state index contributed by atoms with van der Waals surface area (Å²) in [5.41, 5.74) is -2.12. The van der Waals surface area contributed by atoms with Crippen molar-refractivity contribution in [2.24, 2.45) is 51.2 Å². The van der Waals surface area contributed by atoms with E-state index in [4.69, 9.17) is 56.8 Å². The van der Waals surface area contributed by atoms with Gasteiger partial charge in [0.2, 0.25) is 0 Å². The molecule has 0 aromatic heterocycles. The second-order valence-corrected chi connectivity index (χ2v) is 30.7. The molecule has 96 heavy (non-hydrogen) atoms. The Hall–Kier alpha value is -1.95. The molecular formula is C65H106O31. The molecule has 5 saturated carbocycles. The van der Waals surface area contributed by atoms with Crippen molar-refractivity contribution in [3.63, 3.8) is 0 Å². The smallest absolute Gasteiger partial charge is 0.338 e. The number of carbonyl (C=O) groups excluding carboxylic acids is 1. The molecule has 6 aliphatic heterocycles. The van der Waals surface area contributed by atoms with Crippen LogP contribution in [0.25, 0.3) is 0 Å². The molecule has 0 aromatic carbocycles. The molecule has 6 saturated heterocycles. The Balaban J connectivity index is 0.775. The molecule has 11 aliphatic rings. The number of carbonyl (C=O) groups is 1. The summed E-state index contributed by atoms with van der Waals surface area (Å²) in [7, 11) is 0. The van der Waals surface area contributed by atoms with Crippen LogP contribution in [0, 0.1) is 51.2 Å². The summed E-state index contributed by atoms with van der Waals surface area (Å²) in [6, 6.07) is 0. The summed E-state index contributed by atoms with van der Waals surface area (Å²) < 4.78 is 72.4. The minimum absolute atomic E-state index is 0.00742. The first kappa shape index (κ1) is 75.2. The molecule has 0 aromatic rings. The lowest BCUT2D eigenvalue weighted by Gasteiger charge is -2.73. The lowest BCUT2D eigenvalue weighted by Crippen LogP contribution is -2.69. The number of hydrogen-bond acceptors (Lipinski definition) is 31. The predicted molar refractivity (Wildman–Crippen MR) is 321 cm³/mol. The van der Waals surface area contributed by atoms with Crippen LogP contribution in [0.15, 0.2) is 12.2 Å². The summed E-state index contributed by atoms with van der Waals surface area (Å²) in [6.07, 6.45) is -42.1. The first-order valence-corrected chi connectivity index (χ1v) is 34.2. The van der Waals surface area contributed by atoms with Crippen molar-refractivity contribution in [2.45, 2.75) is 302 Å². The average molecular weight is 1380 g/mol. The predicted octanol–water partition coefficient (Wildman–Crippen LogP) is -5.07. The van der Waals surface area contributed by atoms with E-state index in [-0.39, 0.29) is 52.4 Å². The van der Waals surface area contributed by atoms with Crippen LogP contribution in [0.2, 0.25) is 0 Å². The maximum absolute atomic E-state index is 14.8. The number of rotatable bonds is 17. The van der Waals surface area contributed by atoms with Crippen LogP contribution < -0.4 is 0 Å². The molecule has 31 nitrogen and oxygen atoms in total.